The highest BCUT2D eigenvalue weighted by Crippen LogP contribution is 2.23. The number of hydrogen-bond acceptors (Lipinski definition) is 3. The Labute approximate surface area is 133 Å². The predicted octanol–water partition coefficient (Wildman–Crippen LogP) is 2.80. The van der Waals surface area contributed by atoms with E-state index in [2.05, 4.69) is 4.72 Å². The summed E-state index contributed by atoms with van der Waals surface area (Å²) in [5.74, 6) is -0.595. The van der Waals surface area contributed by atoms with E-state index in [-0.39, 0.29) is 22.0 Å². The highest BCUT2D eigenvalue weighted by Gasteiger charge is 2.20. The largest absolute Gasteiger partial charge is 0.387 e. The number of nitrogens with one attached hydrogen (secondary N) is 1. The van der Waals surface area contributed by atoms with E-state index in [4.69, 9.17) is 11.6 Å². The molecule has 0 saturated carbocycles. The molecule has 2 N–H and O–H groups in total. The molecule has 0 bridgehead atoms. The Balaban J connectivity index is 2.15. The Kier molecular flexibility index (Phi) is 5.18. The fourth-order valence-corrected chi connectivity index (χ4v) is 3.58. The van der Waals surface area contributed by atoms with Gasteiger partial charge in [0.15, 0.2) is 0 Å². The molecule has 0 aromatic heterocycles. The molecule has 2 aromatic rings. The lowest BCUT2D eigenvalue weighted by molar-refractivity contribution is 0.177. The standard InChI is InChI=1S/C15H15ClFNO3S/c1-10-6-7-15(12(16)8-10)22(20,21)18-9-14(19)11-4-2-3-5-13(11)17/h2-8,14,18-19H,9H2,1H3. The lowest BCUT2D eigenvalue weighted by atomic mass is 10.1. The quantitative estimate of drug-likeness (QED) is 0.877. The third kappa shape index (κ3) is 3.84. The average molecular weight is 344 g/mol. The van der Waals surface area contributed by atoms with Gasteiger partial charge in [-0.15, -0.1) is 0 Å². The van der Waals surface area contributed by atoms with Crippen molar-refractivity contribution in [1.29, 1.82) is 0 Å². The van der Waals surface area contributed by atoms with Gasteiger partial charge in [0.1, 0.15) is 10.7 Å². The number of aliphatic hydroxyl groups excluding tert-OH is 1. The van der Waals surface area contributed by atoms with Gasteiger partial charge in [-0.25, -0.2) is 17.5 Å². The fourth-order valence-electron chi connectivity index (χ4n) is 1.95. The number of benzene rings is 2. The van der Waals surface area contributed by atoms with Gasteiger partial charge in [0.25, 0.3) is 0 Å². The maximum absolute atomic E-state index is 13.5. The Morgan fingerprint density at radius 2 is 1.95 bits per heavy atom. The third-order valence-electron chi connectivity index (χ3n) is 3.11. The van der Waals surface area contributed by atoms with Crippen molar-refractivity contribution in [3.05, 3.63) is 64.4 Å². The Morgan fingerprint density at radius 3 is 2.59 bits per heavy atom. The lowest BCUT2D eigenvalue weighted by Crippen LogP contribution is -2.29. The first kappa shape index (κ1) is 16.9. The molecule has 0 aliphatic rings. The molecule has 7 heteroatoms. The molecule has 2 aromatic carbocycles. The van der Waals surface area contributed by atoms with E-state index in [1.165, 1.54) is 30.3 Å². The van der Waals surface area contributed by atoms with Gasteiger partial charge in [-0.3, -0.25) is 0 Å². The summed E-state index contributed by atoms with van der Waals surface area (Å²) in [5.41, 5.74) is 0.857. The maximum atomic E-state index is 13.5. The highest BCUT2D eigenvalue weighted by molar-refractivity contribution is 7.89. The van der Waals surface area contributed by atoms with Crippen LogP contribution in [0.4, 0.5) is 4.39 Å². The second-order valence-corrected chi connectivity index (χ2v) is 6.97. The summed E-state index contributed by atoms with van der Waals surface area (Å²) in [4.78, 5) is -0.0829. The molecule has 0 radical (unpaired) electrons. The summed E-state index contributed by atoms with van der Waals surface area (Å²) in [7, 11) is -3.89. The van der Waals surface area contributed by atoms with E-state index in [0.717, 1.165) is 5.56 Å². The number of hydrogen-bond donors (Lipinski definition) is 2. The minimum Gasteiger partial charge on any atom is -0.387 e. The highest BCUT2D eigenvalue weighted by atomic mass is 35.5. The number of sulfonamides is 1. The van der Waals surface area contributed by atoms with Crippen LogP contribution >= 0.6 is 11.6 Å². The monoisotopic (exact) mass is 343 g/mol. The molecule has 22 heavy (non-hydrogen) atoms. The zero-order valence-electron chi connectivity index (χ0n) is 11.8. The van der Waals surface area contributed by atoms with Crippen molar-refractivity contribution < 1.29 is 17.9 Å². The smallest absolute Gasteiger partial charge is 0.242 e. The first-order valence-electron chi connectivity index (χ1n) is 6.49. The number of aryl methyl sites for hydroxylation is 1. The van der Waals surface area contributed by atoms with Gasteiger partial charge in [-0.1, -0.05) is 35.9 Å². The van der Waals surface area contributed by atoms with Crippen LogP contribution in [0.3, 0.4) is 0 Å². The Hall–Kier alpha value is -1.47. The second-order valence-electron chi connectivity index (χ2n) is 4.82. The summed E-state index contributed by atoms with van der Waals surface area (Å²) in [6, 6.07) is 10.2. The van der Waals surface area contributed by atoms with Crippen molar-refractivity contribution in [2.24, 2.45) is 0 Å². The minimum absolute atomic E-state index is 0.0280. The topological polar surface area (TPSA) is 66.4 Å². The van der Waals surface area contributed by atoms with Crippen LogP contribution in [0.1, 0.15) is 17.2 Å². The van der Waals surface area contributed by atoms with Crippen LogP contribution in [-0.4, -0.2) is 20.1 Å². The molecule has 0 aliphatic heterocycles. The van der Waals surface area contributed by atoms with Crippen LogP contribution in [0.5, 0.6) is 0 Å². The maximum Gasteiger partial charge on any atom is 0.242 e. The van der Waals surface area contributed by atoms with Gasteiger partial charge in [0.05, 0.1) is 11.1 Å². The van der Waals surface area contributed by atoms with Crippen LogP contribution in [0.25, 0.3) is 0 Å². The van der Waals surface area contributed by atoms with Crippen molar-refractivity contribution in [2.45, 2.75) is 17.9 Å². The van der Waals surface area contributed by atoms with E-state index >= 15 is 0 Å². The molecule has 0 heterocycles. The molecule has 0 spiro atoms. The van der Waals surface area contributed by atoms with E-state index in [9.17, 15) is 17.9 Å². The Morgan fingerprint density at radius 1 is 1.27 bits per heavy atom. The van der Waals surface area contributed by atoms with Crippen LogP contribution in [0.2, 0.25) is 5.02 Å². The first-order chi connectivity index (χ1) is 10.3. The van der Waals surface area contributed by atoms with Crippen molar-refractivity contribution >= 4 is 21.6 Å². The van der Waals surface area contributed by atoms with E-state index in [1.807, 2.05) is 0 Å². The van der Waals surface area contributed by atoms with Crippen LogP contribution in [0.15, 0.2) is 47.4 Å². The molecule has 0 saturated heterocycles. The number of halogens is 2. The van der Waals surface area contributed by atoms with Crippen molar-refractivity contribution in [3.8, 4) is 0 Å². The molecule has 118 valence electrons. The van der Waals surface area contributed by atoms with Gasteiger partial charge in [-0.05, 0) is 30.7 Å². The molecule has 1 unspecified atom stereocenters. The summed E-state index contributed by atoms with van der Waals surface area (Å²) in [6.45, 7) is 1.44. The minimum atomic E-state index is -3.89. The molecule has 1 atom stereocenters. The number of rotatable bonds is 5. The zero-order chi connectivity index (χ0) is 16.3. The fraction of sp³-hybridized carbons (Fsp3) is 0.200. The van der Waals surface area contributed by atoms with Crippen LogP contribution < -0.4 is 4.72 Å². The lowest BCUT2D eigenvalue weighted by Gasteiger charge is -2.14. The summed E-state index contributed by atoms with van der Waals surface area (Å²) in [5, 5.41) is 10.0. The van der Waals surface area contributed by atoms with Crippen LogP contribution in [0, 0.1) is 12.7 Å². The summed E-state index contributed by atoms with van der Waals surface area (Å²) in [6.07, 6.45) is -1.29. The van der Waals surface area contributed by atoms with Gasteiger partial charge < -0.3 is 5.11 Å². The third-order valence-corrected chi connectivity index (χ3v) is 5.01. The average Bonchev–Trinajstić information content (AvgIpc) is 2.45. The predicted molar refractivity (Wildman–Crippen MR) is 82.7 cm³/mol. The van der Waals surface area contributed by atoms with Crippen molar-refractivity contribution in [2.75, 3.05) is 6.54 Å². The van der Waals surface area contributed by atoms with Crippen molar-refractivity contribution in [3.63, 3.8) is 0 Å². The van der Waals surface area contributed by atoms with Crippen LogP contribution in [-0.2, 0) is 10.0 Å². The summed E-state index contributed by atoms with van der Waals surface area (Å²) < 4.78 is 40.1. The normalized spacial score (nSPS) is 13.1. The Bertz CT molecular complexity index is 780. The van der Waals surface area contributed by atoms with Crippen molar-refractivity contribution in [1.82, 2.24) is 4.72 Å². The molecule has 0 fully saturated rings. The van der Waals surface area contributed by atoms with Gasteiger partial charge >= 0.3 is 0 Å². The SMILES string of the molecule is Cc1ccc(S(=O)(=O)NCC(O)c2ccccc2F)c(Cl)c1. The molecule has 2 rings (SSSR count). The van der Waals surface area contributed by atoms with Gasteiger partial charge in [0, 0.05) is 12.1 Å². The zero-order valence-corrected chi connectivity index (χ0v) is 13.3. The van der Waals surface area contributed by atoms with E-state index < -0.39 is 21.9 Å². The molecule has 0 amide bonds. The van der Waals surface area contributed by atoms with Gasteiger partial charge in [-0.2, -0.15) is 0 Å². The second kappa shape index (κ2) is 6.75. The number of aliphatic hydroxyl groups is 1. The molecule has 0 aliphatic carbocycles. The van der Waals surface area contributed by atoms with Gasteiger partial charge in [0.2, 0.25) is 10.0 Å². The van der Waals surface area contributed by atoms with E-state index in [0.29, 0.717) is 0 Å². The molecular formula is C15H15ClFNO3S. The first-order valence-corrected chi connectivity index (χ1v) is 8.35. The molecular weight excluding hydrogens is 329 g/mol. The molecule has 4 nitrogen and oxygen atoms in total. The summed E-state index contributed by atoms with van der Waals surface area (Å²) >= 11 is 5.93. The van der Waals surface area contributed by atoms with E-state index in [1.54, 1.807) is 19.1 Å².